The lowest BCUT2D eigenvalue weighted by Gasteiger charge is -2.16. The SMILES string of the molecule is Cc1ccnc(Nc2cccc(-c3cnc(N(C)Cc4ccccc4Cl)s3)n2)c1. The Balaban J connectivity index is 1.51. The number of hydrogen-bond donors (Lipinski definition) is 1. The minimum absolute atomic E-state index is 0.695. The summed E-state index contributed by atoms with van der Waals surface area (Å²) in [5.41, 5.74) is 3.09. The number of benzene rings is 1. The first-order chi connectivity index (χ1) is 14.1. The lowest BCUT2D eigenvalue weighted by atomic mass is 10.2. The van der Waals surface area contributed by atoms with Crippen molar-refractivity contribution in [3.8, 4) is 10.6 Å². The molecule has 0 radical (unpaired) electrons. The summed E-state index contributed by atoms with van der Waals surface area (Å²) in [7, 11) is 2.01. The van der Waals surface area contributed by atoms with E-state index in [1.807, 2.05) is 74.8 Å². The molecule has 29 heavy (non-hydrogen) atoms. The van der Waals surface area contributed by atoms with Gasteiger partial charge >= 0.3 is 0 Å². The zero-order valence-electron chi connectivity index (χ0n) is 16.1. The molecule has 5 nitrogen and oxygen atoms in total. The van der Waals surface area contributed by atoms with Gasteiger partial charge in [0.2, 0.25) is 0 Å². The number of hydrogen-bond acceptors (Lipinski definition) is 6. The van der Waals surface area contributed by atoms with Gasteiger partial charge < -0.3 is 10.2 Å². The van der Waals surface area contributed by atoms with Gasteiger partial charge in [0.1, 0.15) is 11.6 Å². The van der Waals surface area contributed by atoms with Gasteiger partial charge in [-0.15, -0.1) is 0 Å². The van der Waals surface area contributed by atoms with Crippen LogP contribution < -0.4 is 10.2 Å². The van der Waals surface area contributed by atoms with Gasteiger partial charge in [0.25, 0.3) is 0 Å². The molecule has 0 unspecified atom stereocenters. The predicted molar refractivity (Wildman–Crippen MR) is 121 cm³/mol. The number of nitrogens with one attached hydrogen (secondary N) is 1. The van der Waals surface area contributed by atoms with Crippen LogP contribution in [0.3, 0.4) is 0 Å². The highest BCUT2D eigenvalue weighted by atomic mass is 35.5. The molecule has 0 atom stereocenters. The van der Waals surface area contributed by atoms with Crippen molar-refractivity contribution >= 4 is 39.7 Å². The molecule has 0 aliphatic rings. The van der Waals surface area contributed by atoms with Gasteiger partial charge in [-0.25, -0.2) is 15.0 Å². The van der Waals surface area contributed by atoms with Gasteiger partial charge in [0.15, 0.2) is 5.13 Å². The summed E-state index contributed by atoms with van der Waals surface area (Å²) in [6.07, 6.45) is 3.64. The van der Waals surface area contributed by atoms with Gasteiger partial charge in [0.05, 0.1) is 10.6 Å². The van der Waals surface area contributed by atoms with Crippen molar-refractivity contribution in [3.63, 3.8) is 0 Å². The molecule has 0 saturated heterocycles. The van der Waals surface area contributed by atoms with Crippen LogP contribution in [0.2, 0.25) is 5.02 Å². The Morgan fingerprint density at radius 1 is 1.03 bits per heavy atom. The third-order valence-electron chi connectivity index (χ3n) is 4.36. The summed E-state index contributed by atoms with van der Waals surface area (Å²) >= 11 is 7.89. The second-order valence-electron chi connectivity index (χ2n) is 6.71. The van der Waals surface area contributed by atoms with Crippen LogP contribution in [0.15, 0.2) is 67.0 Å². The van der Waals surface area contributed by atoms with E-state index in [2.05, 4.69) is 20.2 Å². The Morgan fingerprint density at radius 2 is 1.90 bits per heavy atom. The Bertz CT molecular complexity index is 1130. The Morgan fingerprint density at radius 3 is 2.72 bits per heavy atom. The monoisotopic (exact) mass is 421 g/mol. The van der Waals surface area contributed by atoms with E-state index >= 15 is 0 Å². The van der Waals surface area contributed by atoms with Crippen LogP contribution in [0.4, 0.5) is 16.8 Å². The number of thiazole rings is 1. The highest BCUT2D eigenvalue weighted by molar-refractivity contribution is 7.18. The van der Waals surface area contributed by atoms with E-state index < -0.39 is 0 Å². The number of aromatic nitrogens is 3. The van der Waals surface area contributed by atoms with E-state index in [1.54, 1.807) is 17.5 Å². The molecule has 7 heteroatoms. The van der Waals surface area contributed by atoms with Crippen LogP contribution in [-0.2, 0) is 6.54 Å². The number of anilines is 3. The molecule has 0 spiro atoms. The number of halogens is 1. The summed E-state index contributed by atoms with van der Waals surface area (Å²) < 4.78 is 0. The predicted octanol–water partition coefficient (Wildman–Crippen LogP) is 5.94. The van der Waals surface area contributed by atoms with Crippen LogP contribution >= 0.6 is 22.9 Å². The summed E-state index contributed by atoms with van der Waals surface area (Å²) in [6, 6.07) is 17.7. The first-order valence-corrected chi connectivity index (χ1v) is 10.4. The summed E-state index contributed by atoms with van der Waals surface area (Å²) in [6.45, 7) is 2.73. The van der Waals surface area contributed by atoms with Crippen molar-refractivity contribution in [2.45, 2.75) is 13.5 Å². The van der Waals surface area contributed by atoms with Gasteiger partial charge in [-0.05, 0) is 48.4 Å². The minimum atomic E-state index is 0.695. The van der Waals surface area contributed by atoms with Crippen LogP contribution in [-0.4, -0.2) is 22.0 Å². The maximum Gasteiger partial charge on any atom is 0.185 e. The Kier molecular flexibility index (Phi) is 5.74. The molecule has 4 aromatic rings. The molecule has 0 amide bonds. The molecule has 0 bridgehead atoms. The van der Waals surface area contributed by atoms with Crippen molar-refractivity contribution in [2.24, 2.45) is 0 Å². The maximum absolute atomic E-state index is 6.28. The normalized spacial score (nSPS) is 10.7. The third-order valence-corrected chi connectivity index (χ3v) is 5.86. The van der Waals surface area contributed by atoms with Crippen molar-refractivity contribution in [3.05, 3.63) is 83.1 Å². The molecular weight excluding hydrogens is 402 g/mol. The van der Waals surface area contributed by atoms with E-state index in [0.29, 0.717) is 6.54 Å². The average molecular weight is 422 g/mol. The average Bonchev–Trinajstić information content (AvgIpc) is 3.20. The van der Waals surface area contributed by atoms with E-state index in [1.165, 1.54) is 0 Å². The number of aryl methyl sites for hydroxylation is 1. The number of nitrogens with zero attached hydrogens (tertiary/aromatic N) is 4. The second kappa shape index (κ2) is 8.59. The first kappa shape index (κ1) is 19.4. The van der Waals surface area contributed by atoms with Gasteiger partial charge in [-0.2, -0.15) is 0 Å². The zero-order chi connectivity index (χ0) is 20.2. The number of rotatable bonds is 6. The molecular formula is C22H20ClN5S. The van der Waals surface area contributed by atoms with Crippen LogP contribution in [0.1, 0.15) is 11.1 Å². The molecule has 146 valence electrons. The fourth-order valence-electron chi connectivity index (χ4n) is 2.89. The van der Waals surface area contributed by atoms with E-state index in [9.17, 15) is 0 Å². The highest BCUT2D eigenvalue weighted by Crippen LogP contribution is 2.31. The van der Waals surface area contributed by atoms with Crippen LogP contribution in [0.25, 0.3) is 10.6 Å². The standard InChI is InChI=1S/C22H20ClN5S/c1-15-10-11-24-21(12-15)27-20-9-5-8-18(26-20)19-13-25-22(29-19)28(2)14-16-6-3-4-7-17(16)23/h3-13H,14H2,1-2H3,(H,24,26,27). The van der Waals surface area contributed by atoms with Crippen molar-refractivity contribution in [2.75, 3.05) is 17.3 Å². The van der Waals surface area contributed by atoms with Crippen molar-refractivity contribution < 1.29 is 0 Å². The van der Waals surface area contributed by atoms with E-state index in [4.69, 9.17) is 16.6 Å². The topological polar surface area (TPSA) is 53.9 Å². The molecule has 4 rings (SSSR count). The smallest absolute Gasteiger partial charge is 0.185 e. The van der Waals surface area contributed by atoms with Gasteiger partial charge in [-0.3, -0.25) is 0 Å². The third kappa shape index (κ3) is 4.72. The Hall–Kier alpha value is -2.96. The molecule has 0 aliphatic heterocycles. The molecule has 1 N–H and O–H groups in total. The largest absolute Gasteiger partial charge is 0.347 e. The van der Waals surface area contributed by atoms with Crippen LogP contribution in [0.5, 0.6) is 0 Å². The first-order valence-electron chi connectivity index (χ1n) is 9.16. The quantitative estimate of drug-likeness (QED) is 0.417. The van der Waals surface area contributed by atoms with Crippen LogP contribution in [0, 0.1) is 6.92 Å². The van der Waals surface area contributed by atoms with E-state index in [0.717, 1.165) is 43.5 Å². The second-order valence-corrected chi connectivity index (χ2v) is 8.12. The van der Waals surface area contributed by atoms with E-state index in [-0.39, 0.29) is 0 Å². The fraction of sp³-hybridized carbons (Fsp3) is 0.136. The summed E-state index contributed by atoms with van der Waals surface area (Å²) in [5, 5.41) is 4.94. The molecule has 0 aliphatic carbocycles. The lowest BCUT2D eigenvalue weighted by molar-refractivity contribution is 0.915. The highest BCUT2D eigenvalue weighted by Gasteiger charge is 2.12. The minimum Gasteiger partial charge on any atom is -0.347 e. The summed E-state index contributed by atoms with van der Waals surface area (Å²) in [4.78, 5) is 16.7. The number of pyridine rings is 2. The fourth-order valence-corrected chi connectivity index (χ4v) is 3.93. The lowest BCUT2D eigenvalue weighted by Crippen LogP contribution is -2.16. The molecule has 1 aromatic carbocycles. The maximum atomic E-state index is 6.28. The van der Waals surface area contributed by atoms with Crippen molar-refractivity contribution in [1.29, 1.82) is 0 Å². The van der Waals surface area contributed by atoms with Gasteiger partial charge in [0, 0.05) is 31.0 Å². The van der Waals surface area contributed by atoms with Crippen molar-refractivity contribution in [1.82, 2.24) is 15.0 Å². The molecule has 0 saturated carbocycles. The van der Waals surface area contributed by atoms with Gasteiger partial charge in [-0.1, -0.05) is 47.2 Å². The molecule has 0 fully saturated rings. The molecule has 3 aromatic heterocycles. The summed E-state index contributed by atoms with van der Waals surface area (Å²) in [5.74, 6) is 1.53. The zero-order valence-corrected chi connectivity index (χ0v) is 17.7. The molecule has 3 heterocycles. The Labute approximate surface area is 179 Å².